The van der Waals surface area contributed by atoms with Crippen molar-refractivity contribution in [2.75, 3.05) is 13.1 Å². The summed E-state index contributed by atoms with van der Waals surface area (Å²) in [7, 11) is 0. The van der Waals surface area contributed by atoms with Crippen LogP contribution in [0.25, 0.3) is 10.9 Å². The molecule has 0 radical (unpaired) electrons. The second kappa shape index (κ2) is 14.4. The molecule has 1 aromatic carbocycles. The maximum atomic E-state index is 12.7. The number of phenols is 1. The van der Waals surface area contributed by atoms with E-state index in [1.807, 2.05) is 13.8 Å². The molecule has 0 aliphatic heterocycles. The number of carbonyl (C=O) groups excluding carboxylic acids is 2. The Kier molecular flexibility index (Phi) is 11.0. The van der Waals surface area contributed by atoms with E-state index in [1.165, 1.54) is 16.5 Å². The summed E-state index contributed by atoms with van der Waals surface area (Å²) in [6.45, 7) is 17.6. The topological polar surface area (TPSA) is 162 Å². The van der Waals surface area contributed by atoms with E-state index in [2.05, 4.69) is 22.8 Å². The summed E-state index contributed by atoms with van der Waals surface area (Å²) in [6.07, 6.45) is 4.31. The summed E-state index contributed by atoms with van der Waals surface area (Å²) < 4.78 is 10.3. The van der Waals surface area contributed by atoms with Gasteiger partial charge in [0.2, 0.25) is 5.88 Å². The lowest BCUT2D eigenvalue weighted by atomic mass is 9.73. The van der Waals surface area contributed by atoms with Gasteiger partial charge in [-0.15, -0.1) is 0 Å². The monoisotopic (exact) mass is 591 g/mol. The van der Waals surface area contributed by atoms with Gasteiger partial charge in [0.15, 0.2) is 5.75 Å². The maximum absolute atomic E-state index is 12.7. The Morgan fingerprint density at radius 3 is 2.56 bits per heavy atom. The zero-order valence-electron chi connectivity index (χ0n) is 25.0. The molecule has 0 spiro atoms. The molecular formula is C31H37N5O7. The molecule has 1 heterocycles. The lowest BCUT2D eigenvalue weighted by Gasteiger charge is -2.34. The average Bonchev–Trinajstić information content (AvgIpc) is 2.95. The number of allylic oxidation sites excluding steroid dienone is 1. The van der Waals surface area contributed by atoms with Crippen molar-refractivity contribution in [1.82, 2.24) is 9.88 Å². The van der Waals surface area contributed by atoms with Gasteiger partial charge in [0, 0.05) is 37.0 Å². The molecule has 43 heavy (non-hydrogen) atoms. The van der Waals surface area contributed by atoms with Gasteiger partial charge in [-0.25, -0.2) is 14.6 Å². The number of aryl methyl sites for hydroxylation is 1. The highest BCUT2D eigenvalue weighted by Crippen LogP contribution is 2.39. The fourth-order valence-corrected chi connectivity index (χ4v) is 5.39. The molecular weight excluding hydrogens is 554 g/mol. The first-order chi connectivity index (χ1) is 20.4. The summed E-state index contributed by atoms with van der Waals surface area (Å²) >= 11 is 0. The number of amides is 1. The Morgan fingerprint density at radius 2 is 1.95 bits per heavy atom. The molecule has 3 rings (SSSR count). The summed E-state index contributed by atoms with van der Waals surface area (Å²) in [5.74, 6) is -1.48. The van der Waals surface area contributed by atoms with Gasteiger partial charge in [0.25, 0.3) is 17.4 Å². The third-order valence-corrected chi connectivity index (χ3v) is 7.53. The van der Waals surface area contributed by atoms with Crippen molar-refractivity contribution in [1.29, 1.82) is 0 Å². The van der Waals surface area contributed by atoms with Crippen LogP contribution in [-0.4, -0.2) is 51.1 Å². The van der Waals surface area contributed by atoms with Crippen LogP contribution < -0.4 is 15.2 Å². The van der Waals surface area contributed by atoms with Crippen LogP contribution in [0.5, 0.6) is 17.4 Å². The second-order valence-corrected chi connectivity index (χ2v) is 10.5. The summed E-state index contributed by atoms with van der Waals surface area (Å²) in [5.41, 5.74) is 8.11. The molecule has 1 amide bonds. The van der Waals surface area contributed by atoms with Crippen molar-refractivity contribution < 1.29 is 29.1 Å². The minimum Gasteiger partial charge on any atom is -0.504 e. The lowest BCUT2D eigenvalue weighted by Crippen LogP contribution is -2.35. The number of nitro benzene ring substituents is 1. The van der Waals surface area contributed by atoms with Crippen LogP contribution in [0.2, 0.25) is 0 Å². The molecule has 3 N–H and O–H groups in total. The number of hydrogen-bond donors (Lipinski definition) is 2. The molecule has 228 valence electrons. The third-order valence-electron chi connectivity index (χ3n) is 7.53. The smallest absolute Gasteiger partial charge is 0.504 e. The minimum absolute atomic E-state index is 0.00138. The predicted octanol–water partition coefficient (Wildman–Crippen LogP) is 5.57. The second-order valence-electron chi connectivity index (χ2n) is 10.5. The van der Waals surface area contributed by atoms with Gasteiger partial charge in [-0.2, -0.15) is 0 Å². The number of carbonyl (C=O) groups is 2. The molecule has 1 aliphatic rings. The average molecular weight is 592 g/mol. The Bertz CT molecular complexity index is 1490. The van der Waals surface area contributed by atoms with Crippen LogP contribution in [0.4, 0.5) is 10.5 Å². The number of rotatable bonds is 9. The third kappa shape index (κ3) is 7.96. The molecule has 1 aliphatic carbocycles. The van der Waals surface area contributed by atoms with Gasteiger partial charge < -0.3 is 25.2 Å². The number of benzene rings is 1. The fourth-order valence-electron chi connectivity index (χ4n) is 5.39. The van der Waals surface area contributed by atoms with Gasteiger partial charge in [-0.05, 0) is 82.1 Å². The molecule has 12 nitrogen and oxygen atoms in total. The number of aromatic nitrogens is 1. The van der Waals surface area contributed by atoms with Crippen molar-refractivity contribution >= 4 is 23.8 Å². The Hall–Kier alpha value is -4.76. The van der Waals surface area contributed by atoms with Gasteiger partial charge >= 0.3 is 11.8 Å². The number of phenolic OH excluding ortho intramolecular Hbond substituents is 1. The predicted molar refractivity (Wildman–Crippen MR) is 160 cm³/mol. The van der Waals surface area contributed by atoms with Crippen molar-refractivity contribution in [3.05, 3.63) is 80.0 Å². The number of hydrogen-bond acceptors (Lipinski definition) is 9. The molecule has 1 aromatic heterocycles. The quantitative estimate of drug-likeness (QED) is 0.0721. The van der Waals surface area contributed by atoms with E-state index in [0.29, 0.717) is 25.4 Å². The van der Waals surface area contributed by atoms with E-state index >= 15 is 0 Å². The maximum Gasteiger partial charge on any atom is 0.521 e. The van der Waals surface area contributed by atoms with E-state index in [4.69, 9.17) is 21.8 Å². The Morgan fingerprint density at radius 1 is 1.26 bits per heavy atom. The van der Waals surface area contributed by atoms with Crippen molar-refractivity contribution in [2.45, 2.75) is 59.9 Å². The van der Waals surface area contributed by atoms with Crippen LogP contribution in [0.15, 0.2) is 41.6 Å². The summed E-state index contributed by atoms with van der Waals surface area (Å²) in [4.78, 5) is 45.4. The molecule has 0 saturated heterocycles. The summed E-state index contributed by atoms with van der Waals surface area (Å²) in [5, 5.41) is 22.4. The largest absolute Gasteiger partial charge is 0.521 e. The van der Waals surface area contributed by atoms with Crippen molar-refractivity contribution in [3.8, 4) is 17.4 Å². The molecule has 1 fully saturated rings. The fraction of sp³-hybridized carbons (Fsp3) is 0.419. The van der Waals surface area contributed by atoms with E-state index in [-0.39, 0.29) is 29.1 Å². The number of nitrogens with zero attached hydrogens (tertiary/aromatic N) is 4. The first-order valence-corrected chi connectivity index (χ1v) is 14.1. The molecule has 3 atom stereocenters. The minimum atomic E-state index is -1.34. The normalized spacial score (nSPS) is 19.4. The SMILES string of the molecule is [C-]#[N+]/C(=C\c1cc(O)c(OC(=O)Oc2ccc(C)c(CC3CC(C)CC(N)C3=CC)n2)c([N+](=O)[O-])c1)C(=O)N(CC)CC. The number of nitro groups is 1. The lowest BCUT2D eigenvalue weighted by molar-refractivity contribution is -0.385. The number of pyridine rings is 1. The number of nitrogens with two attached hydrogens (primary N) is 1. The van der Waals surface area contributed by atoms with Crippen molar-refractivity contribution in [3.63, 3.8) is 0 Å². The number of likely N-dealkylation sites (N-methyl/N-ethyl adjacent to an activating group) is 1. The Labute approximate surface area is 250 Å². The zero-order valence-corrected chi connectivity index (χ0v) is 25.0. The first kappa shape index (κ1) is 32.8. The van der Waals surface area contributed by atoms with E-state index < -0.39 is 34.2 Å². The molecule has 2 aromatic rings. The van der Waals surface area contributed by atoms with Crippen LogP contribution in [0, 0.1) is 35.4 Å². The molecule has 0 bridgehead atoms. The van der Waals surface area contributed by atoms with E-state index in [0.717, 1.165) is 42.3 Å². The van der Waals surface area contributed by atoms with Crippen LogP contribution in [-0.2, 0) is 11.2 Å². The van der Waals surface area contributed by atoms with Crippen LogP contribution in [0.1, 0.15) is 57.4 Å². The Balaban J connectivity index is 1.83. The molecule has 12 heteroatoms. The molecule has 3 unspecified atom stereocenters. The summed E-state index contributed by atoms with van der Waals surface area (Å²) in [6, 6.07) is 5.25. The highest BCUT2D eigenvalue weighted by molar-refractivity contribution is 5.99. The van der Waals surface area contributed by atoms with Gasteiger partial charge in [0.05, 0.1) is 11.5 Å². The zero-order chi connectivity index (χ0) is 31.8. The van der Waals surface area contributed by atoms with E-state index in [9.17, 15) is 24.8 Å². The van der Waals surface area contributed by atoms with Gasteiger partial charge in [-0.3, -0.25) is 14.9 Å². The number of aromatic hydroxyl groups is 1. The number of ether oxygens (including phenoxy) is 2. The first-order valence-electron chi connectivity index (χ1n) is 14.1. The van der Waals surface area contributed by atoms with Gasteiger partial charge in [-0.1, -0.05) is 24.6 Å². The van der Waals surface area contributed by atoms with Gasteiger partial charge in [0.1, 0.15) is 0 Å². The van der Waals surface area contributed by atoms with Crippen LogP contribution >= 0.6 is 0 Å². The molecule has 1 saturated carbocycles. The standard InChI is InChI=1S/C31H37N5O7/c1-7-22-21(12-18(4)13-23(22)32)17-24-19(5)10-11-28(34-24)42-31(39)43-29-26(36(40)41)15-20(16-27(29)37)14-25(33-6)30(38)35(8-2)9-3/h7,10-11,14-16,18,21,23,37H,8-9,12-13,17,32H2,1-5H3/b22-7?,25-14-. The van der Waals surface area contributed by atoms with Crippen LogP contribution in [0.3, 0.4) is 0 Å². The van der Waals surface area contributed by atoms with E-state index in [1.54, 1.807) is 19.9 Å². The highest BCUT2D eigenvalue weighted by atomic mass is 16.7. The van der Waals surface area contributed by atoms with Crippen molar-refractivity contribution in [2.24, 2.45) is 17.6 Å². The highest BCUT2D eigenvalue weighted by Gasteiger charge is 2.30.